The minimum absolute atomic E-state index is 0.241. The van der Waals surface area contributed by atoms with Gasteiger partial charge in [0, 0.05) is 0 Å². The lowest BCUT2D eigenvalue weighted by Crippen LogP contribution is -2.25. The molecule has 0 aromatic carbocycles. The molecule has 2 aliphatic rings. The van der Waals surface area contributed by atoms with Crippen molar-refractivity contribution < 1.29 is 4.79 Å². The van der Waals surface area contributed by atoms with E-state index in [2.05, 4.69) is 0 Å². The van der Waals surface area contributed by atoms with Crippen LogP contribution in [0.5, 0.6) is 0 Å². The number of amides is 2. The van der Waals surface area contributed by atoms with Crippen molar-refractivity contribution in [2.75, 3.05) is 26.2 Å². The van der Waals surface area contributed by atoms with Gasteiger partial charge in [-0.05, 0) is 9.80 Å². The Balaban J connectivity index is 1.93. The fraction of sp³-hybridized carbons (Fsp3) is 0.800. The number of carbonyl (C=O) groups is 1. The van der Waals surface area contributed by atoms with Crippen molar-refractivity contribution in [2.45, 2.75) is 0 Å². The van der Waals surface area contributed by atoms with Gasteiger partial charge >= 0.3 is 6.03 Å². The van der Waals surface area contributed by atoms with E-state index in [0.29, 0.717) is 0 Å². The van der Waals surface area contributed by atoms with Crippen LogP contribution in [0.2, 0.25) is 0 Å². The van der Waals surface area contributed by atoms with Crippen LogP contribution in [0.4, 0.5) is 4.79 Å². The highest BCUT2D eigenvalue weighted by Gasteiger charge is 2.57. The lowest BCUT2D eigenvalue weighted by Gasteiger charge is -1.71. The lowest BCUT2D eigenvalue weighted by atomic mass is 11.0. The highest BCUT2D eigenvalue weighted by molar-refractivity contribution is 5.83. The fourth-order valence-electron chi connectivity index (χ4n) is 0.683. The minimum atomic E-state index is 0.241. The van der Waals surface area contributed by atoms with E-state index in [9.17, 15) is 4.79 Å². The highest BCUT2D eigenvalue weighted by atomic mass is 16.2. The first-order chi connectivity index (χ1) is 3.88. The Morgan fingerprint density at radius 2 is 1.38 bits per heavy atom. The summed E-state index contributed by atoms with van der Waals surface area (Å²) in [5.41, 5.74) is 0. The Morgan fingerprint density at radius 1 is 1.00 bits per heavy atom. The molecule has 42 valence electrons. The molecule has 8 heavy (non-hydrogen) atoms. The van der Waals surface area contributed by atoms with Gasteiger partial charge in [0.25, 0.3) is 0 Å². The van der Waals surface area contributed by atoms with Gasteiger partial charge in [-0.25, -0.2) is 0 Å². The van der Waals surface area contributed by atoms with Crippen molar-refractivity contribution in [3.63, 3.8) is 0 Å². The summed E-state index contributed by atoms with van der Waals surface area (Å²) in [5.74, 6) is 0. The molecule has 0 spiro atoms. The molecule has 0 aromatic rings. The number of urea groups is 1. The Morgan fingerprint density at radius 3 is 1.62 bits per heavy atom. The van der Waals surface area contributed by atoms with Crippen molar-refractivity contribution in [1.82, 2.24) is 9.80 Å². The van der Waals surface area contributed by atoms with Crippen LogP contribution < -0.4 is 9.80 Å². The number of hydrogen-bond donors (Lipinski definition) is 0. The summed E-state index contributed by atoms with van der Waals surface area (Å²) in [6, 6.07) is 0.241. The first-order valence-corrected chi connectivity index (χ1v) is 2.92. The van der Waals surface area contributed by atoms with Crippen molar-refractivity contribution in [1.29, 1.82) is 0 Å². The van der Waals surface area contributed by atoms with E-state index in [-0.39, 0.29) is 6.03 Å². The number of nitrogens with zero attached hydrogens (tertiary/aromatic N) is 2. The number of carbonyl (C=O) groups excluding carboxylic acids is 1. The Kier molecular flexibility index (Phi) is 0.725. The summed E-state index contributed by atoms with van der Waals surface area (Å²) in [6.07, 6.45) is 0. The first-order valence-electron chi connectivity index (χ1n) is 2.92. The van der Waals surface area contributed by atoms with Crippen LogP contribution in [0.25, 0.3) is 0 Å². The van der Waals surface area contributed by atoms with Gasteiger partial charge in [-0.2, -0.15) is 4.79 Å². The van der Waals surface area contributed by atoms with Crippen LogP contribution in [0, 0.1) is 0 Å². The molecule has 0 bridgehead atoms. The van der Waals surface area contributed by atoms with E-state index in [1.165, 1.54) is 0 Å². The molecule has 3 heteroatoms. The van der Waals surface area contributed by atoms with E-state index in [4.69, 9.17) is 0 Å². The van der Waals surface area contributed by atoms with Crippen LogP contribution in [0.3, 0.4) is 0 Å². The molecule has 0 saturated carbocycles. The van der Waals surface area contributed by atoms with Gasteiger partial charge in [-0.1, -0.05) is 0 Å². The van der Waals surface area contributed by atoms with Gasteiger partial charge in [0.1, 0.15) is 0 Å². The molecule has 2 heterocycles. The second kappa shape index (κ2) is 1.30. The molecule has 2 radical (unpaired) electrons. The third-order valence-corrected chi connectivity index (χ3v) is 1.44. The summed E-state index contributed by atoms with van der Waals surface area (Å²) in [7, 11) is 0. The van der Waals surface area contributed by atoms with E-state index in [0.717, 1.165) is 26.2 Å². The van der Waals surface area contributed by atoms with E-state index >= 15 is 0 Å². The SMILES string of the molecule is O=C([N+]1CC1)[N+]1CC1. The monoisotopic (exact) mass is 112 g/mol. The second-order valence-electron chi connectivity index (χ2n) is 2.26. The summed E-state index contributed by atoms with van der Waals surface area (Å²) >= 11 is 0. The molecular weight excluding hydrogens is 104 g/mol. The predicted octanol–water partition coefficient (Wildman–Crippen LogP) is -0.586. The first kappa shape index (κ1) is 4.47. The van der Waals surface area contributed by atoms with Gasteiger partial charge in [-0.15, -0.1) is 0 Å². The topological polar surface area (TPSA) is 28.9 Å². The van der Waals surface area contributed by atoms with Gasteiger partial charge in [0.2, 0.25) is 0 Å². The molecular formula is C5H8N2O+2. The van der Waals surface area contributed by atoms with Crippen molar-refractivity contribution in [3.05, 3.63) is 0 Å². The van der Waals surface area contributed by atoms with Gasteiger partial charge in [0.05, 0.1) is 0 Å². The van der Waals surface area contributed by atoms with Crippen molar-refractivity contribution >= 4 is 6.03 Å². The summed E-state index contributed by atoms with van der Waals surface area (Å²) in [4.78, 5) is 14.5. The fourth-order valence-corrected chi connectivity index (χ4v) is 0.683. The third kappa shape index (κ3) is 0.638. The van der Waals surface area contributed by atoms with Crippen molar-refractivity contribution in [3.8, 4) is 0 Å². The predicted molar refractivity (Wildman–Crippen MR) is 29.1 cm³/mol. The number of rotatable bonds is 0. The molecule has 3 nitrogen and oxygen atoms in total. The normalized spacial score (nSPS) is 28.0. The maximum absolute atomic E-state index is 10.8. The molecule has 0 N–H and O–H groups in total. The second-order valence-corrected chi connectivity index (χ2v) is 2.26. The molecule has 0 aromatic heterocycles. The zero-order valence-electron chi connectivity index (χ0n) is 4.63. The maximum Gasteiger partial charge on any atom is 0.613 e. The smallest absolute Gasteiger partial charge is 0.162 e. The highest BCUT2D eigenvalue weighted by Crippen LogP contribution is 2.08. The maximum atomic E-state index is 10.8. The Bertz CT molecular complexity index is 112. The van der Waals surface area contributed by atoms with Crippen LogP contribution in [-0.4, -0.2) is 32.2 Å². The summed E-state index contributed by atoms with van der Waals surface area (Å²) < 4.78 is 0. The number of hydrogen-bond acceptors (Lipinski definition) is 1. The molecule has 2 rings (SSSR count). The van der Waals surface area contributed by atoms with Crippen LogP contribution in [-0.2, 0) is 0 Å². The average Bonchev–Trinajstić information content (AvgIpc) is 2.63. The molecule has 2 aliphatic heterocycles. The zero-order chi connectivity index (χ0) is 5.56. The van der Waals surface area contributed by atoms with Gasteiger partial charge < -0.3 is 0 Å². The van der Waals surface area contributed by atoms with Crippen LogP contribution in [0.15, 0.2) is 0 Å². The molecule has 2 fully saturated rings. The summed E-state index contributed by atoms with van der Waals surface area (Å²) in [5, 5.41) is 0. The largest absolute Gasteiger partial charge is 0.613 e. The lowest BCUT2D eigenvalue weighted by molar-refractivity contribution is 0.236. The molecule has 0 atom stereocenters. The van der Waals surface area contributed by atoms with E-state index in [1.54, 1.807) is 0 Å². The van der Waals surface area contributed by atoms with Crippen LogP contribution >= 0.6 is 0 Å². The standard InChI is InChI=1S/C5H8N2O/c8-5(6-1-2-6)7-3-4-7/h1-4H2/q+2. The quantitative estimate of drug-likeness (QED) is 0.304. The van der Waals surface area contributed by atoms with E-state index < -0.39 is 0 Å². The summed E-state index contributed by atoms with van der Waals surface area (Å²) in [6.45, 7) is 3.93. The van der Waals surface area contributed by atoms with Crippen molar-refractivity contribution in [2.24, 2.45) is 0 Å². The van der Waals surface area contributed by atoms with Gasteiger partial charge in [-0.3, -0.25) is 0 Å². The Labute approximate surface area is 47.9 Å². The Hall–Kier alpha value is -0.410. The molecule has 2 saturated heterocycles. The molecule has 2 amide bonds. The zero-order valence-corrected chi connectivity index (χ0v) is 4.63. The molecule has 0 unspecified atom stereocenters. The molecule has 0 aliphatic carbocycles. The van der Waals surface area contributed by atoms with Gasteiger partial charge in [0.15, 0.2) is 26.2 Å². The van der Waals surface area contributed by atoms with Crippen LogP contribution in [0.1, 0.15) is 0 Å². The average molecular weight is 112 g/mol. The minimum Gasteiger partial charge on any atom is -0.162 e. The van der Waals surface area contributed by atoms with E-state index in [1.807, 2.05) is 9.80 Å². The third-order valence-electron chi connectivity index (χ3n) is 1.44.